The Balaban J connectivity index is 1.85. The van der Waals surface area contributed by atoms with E-state index in [1.165, 1.54) is 29.4 Å². The van der Waals surface area contributed by atoms with Gasteiger partial charge in [-0.1, -0.05) is 6.07 Å². The van der Waals surface area contributed by atoms with Crippen molar-refractivity contribution in [3.05, 3.63) is 33.9 Å². The largest absolute Gasteiger partial charge is 0.455 e. The van der Waals surface area contributed by atoms with Gasteiger partial charge in [0.05, 0.1) is 27.8 Å². The van der Waals surface area contributed by atoms with Crippen LogP contribution in [0, 0.1) is 23.0 Å². The number of carbonyl (C=O) groups is 2. The van der Waals surface area contributed by atoms with Gasteiger partial charge >= 0.3 is 5.97 Å². The number of benzene rings is 1. The highest BCUT2D eigenvalue weighted by molar-refractivity contribution is 7.89. The summed E-state index contributed by atoms with van der Waals surface area (Å²) in [5, 5.41) is 13.4. The number of esters is 1. The Kier molecular flexibility index (Phi) is 7.08. The summed E-state index contributed by atoms with van der Waals surface area (Å²) in [5.41, 5.74) is 0.452. The molecule has 0 saturated carbocycles. The number of nitro benzene ring substituents is 1. The maximum Gasteiger partial charge on any atom is 0.309 e. The highest BCUT2D eigenvalue weighted by Gasteiger charge is 2.31. The molecule has 0 aliphatic carbocycles. The summed E-state index contributed by atoms with van der Waals surface area (Å²) in [4.78, 5) is 34.5. The van der Waals surface area contributed by atoms with Crippen LogP contribution < -0.4 is 5.32 Å². The van der Waals surface area contributed by atoms with Crippen LogP contribution in [0.2, 0.25) is 0 Å². The number of carbonyl (C=O) groups excluding carboxylic acids is 2. The lowest BCUT2D eigenvalue weighted by Gasteiger charge is -2.29. The summed E-state index contributed by atoms with van der Waals surface area (Å²) in [5.74, 6) is -1.61. The van der Waals surface area contributed by atoms with E-state index in [9.17, 15) is 28.1 Å². The van der Waals surface area contributed by atoms with E-state index >= 15 is 0 Å². The van der Waals surface area contributed by atoms with Gasteiger partial charge in [0, 0.05) is 19.2 Å². The zero-order chi connectivity index (χ0) is 20.9. The first-order chi connectivity index (χ1) is 13.2. The average Bonchev–Trinajstić information content (AvgIpc) is 2.67. The molecular formula is C17H23N3O7S. The van der Waals surface area contributed by atoms with Gasteiger partial charge in [0.1, 0.15) is 0 Å². The Labute approximate surface area is 163 Å². The number of piperidine rings is 1. The second-order valence-corrected chi connectivity index (χ2v) is 8.69. The summed E-state index contributed by atoms with van der Waals surface area (Å²) >= 11 is 0. The third-order valence-corrected chi connectivity index (χ3v) is 6.55. The molecule has 0 spiro atoms. The van der Waals surface area contributed by atoms with Gasteiger partial charge in [0.15, 0.2) is 6.61 Å². The van der Waals surface area contributed by atoms with Crippen LogP contribution in [0.3, 0.4) is 0 Å². The molecule has 10 nitrogen and oxygen atoms in total. The third-order valence-electron chi connectivity index (χ3n) is 4.67. The first kappa shape index (κ1) is 21.8. The highest BCUT2D eigenvalue weighted by atomic mass is 32.2. The van der Waals surface area contributed by atoms with Crippen molar-refractivity contribution < 1.29 is 27.7 Å². The number of anilines is 1. The molecule has 2 rings (SSSR count). The van der Waals surface area contributed by atoms with Crippen LogP contribution in [0.5, 0.6) is 0 Å². The Hall–Kier alpha value is -2.53. The highest BCUT2D eigenvalue weighted by Crippen LogP contribution is 2.25. The number of amides is 1. The van der Waals surface area contributed by atoms with Crippen molar-refractivity contribution in [2.75, 3.05) is 30.8 Å². The van der Waals surface area contributed by atoms with Crippen molar-refractivity contribution >= 4 is 33.3 Å². The van der Waals surface area contributed by atoms with Crippen LogP contribution in [-0.2, 0) is 24.3 Å². The molecular weight excluding hydrogens is 390 g/mol. The Morgan fingerprint density at radius 2 is 1.96 bits per heavy atom. The molecule has 1 aliphatic rings. The normalized spacial score (nSPS) is 15.8. The number of nitrogens with one attached hydrogen (secondary N) is 1. The molecule has 1 aliphatic heterocycles. The Morgan fingerprint density at radius 1 is 1.32 bits per heavy atom. The van der Waals surface area contributed by atoms with Gasteiger partial charge in [-0.25, -0.2) is 12.7 Å². The van der Waals surface area contributed by atoms with Crippen LogP contribution in [-0.4, -0.2) is 55.0 Å². The van der Waals surface area contributed by atoms with Gasteiger partial charge in [0.2, 0.25) is 10.0 Å². The minimum absolute atomic E-state index is 0.0132. The predicted octanol–water partition coefficient (Wildman–Crippen LogP) is 1.45. The molecule has 1 N–H and O–H groups in total. The van der Waals surface area contributed by atoms with Crippen LogP contribution in [0.15, 0.2) is 18.2 Å². The lowest BCUT2D eigenvalue weighted by atomic mass is 9.98. The first-order valence-corrected chi connectivity index (χ1v) is 10.4. The minimum atomic E-state index is -3.28. The maximum atomic E-state index is 12.1. The second kappa shape index (κ2) is 9.11. The van der Waals surface area contributed by atoms with Crippen molar-refractivity contribution in [2.45, 2.75) is 26.7 Å². The average molecular weight is 413 g/mol. The molecule has 0 atom stereocenters. The van der Waals surface area contributed by atoms with E-state index in [1.807, 2.05) is 0 Å². The van der Waals surface area contributed by atoms with Gasteiger partial charge in [-0.05, 0) is 32.8 Å². The fourth-order valence-corrected chi connectivity index (χ4v) is 4.08. The number of hydrogen-bond donors (Lipinski definition) is 1. The predicted molar refractivity (Wildman–Crippen MR) is 101 cm³/mol. The van der Waals surface area contributed by atoms with E-state index in [0.29, 0.717) is 18.4 Å². The van der Waals surface area contributed by atoms with Crippen molar-refractivity contribution in [3.63, 3.8) is 0 Å². The smallest absolute Gasteiger partial charge is 0.309 e. The molecule has 1 amide bonds. The van der Waals surface area contributed by atoms with E-state index in [1.54, 1.807) is 6.92 Å². The third kappa shape index (κ3) is 5.26. The van der Waals surface area contributed by atoms with Crippen molar-refractivity contribution in [2.24, 2.45) is 5.92 Å². The second-order valence-electron chi connectivity index (χ2n) is 6.44. The lowest BCUT2D eigenvalue weighted by molar-refractivity contribution is -0.385. The van der Waals surface area contributed by atoms with Gasteiger partial charge in [-0.15, -0.1) is 0 Å². The van der Waals surface area contributed by atoms with Crippen LogP contribution in [0.1, 0.15) is 25.3 Å². The van der Waals surface area contributed by atoms with Gasteiger partial charge in [-0.2, -0.15) is 0 Å². The molecule has 1 saturated heterocycles. The van der Waals surface area contributed by atoms with Gasteiger partial charge < -0.3 is 10.1 Å². The summed E-state index contributed by atoms with van der Waals surface area (Å²) in [6, 6.07) is 4.30. The molecule has 154 valence electrons. The minimum Gasteiger partial charge on any atom is -0.455 e. The van der Waals surface area contributed by atoms with Crippen LogP contribution in [0.25, 0.3) is 0 Å². The molecule has 0 unspecified atom stereocenters. The summed E-state index contributed by atoms with van der Waals surface area (Å²) < 4.78 is 30.0. The number of rotatable bonds is 7. The zero-order valence-electron chi connectivity index (χ0n) is 15.7. The molecule has 1 aromatic carbocycles. The van der Waals surface area contributed by atoms with Crippen molar-refractivity contribution in [1.82, 2.24) is 4.31 Å². The van der Waals surface area contributed by atoms with E-state index < -0.39 is 39.3 Å². The van der Waals surface area contributed by atoms with E-state index in [2.05, 4.69) is 5.32 Å². The monoisotopic (exact) mass is 413 g/mol. The van der Waals surface area contributed by atoms with Gasteiger partial charge in [0.25, 0.3) is 11.6 Å². The lowest BCUT2D eigenvalue weighted by Crippen LogP contribution is -2.41. The fourth-order valence-electron chi connectivity index (χ4n) is 2.95. The van der Waals surface area contributed by atoms with E-state index in [-0.39, 0.29) is 30.2 Å². The fraction of sp³-hybridized carbons (Fsp3) is 0.529. The van der Waals surface area contributed by atoms with Crippen LogP contribution >= 0.6 is 0 Å². The zero-order valence-corrected chi connectivity index (χ0v) is 16.5. The SMILES string of the molecule is CCS(=O)(=O)N1CCC(C(=O)OCC(=O)Nc2cccc([N+](=O)[O-])c2C)CC1. The molecule has 0 radical (unpaired) electrons. The van der Waals surface area contributed by atoms with Crippen molar-refractivity contribution in [1.29, 1.82) is 0 Å². The van der Waals surface area contributed by atoms with Crippen LogP contribution in [0.4, 0.5) is 11.4 Å². The van der Waals surface area contributed by atoms with Gasteiger partial charge in [-0.3, -0.25) is 19.7 Å². The van der Waals surface area contributed by atoms with E-state index in [4.69, 9.17) is 4.74 Å². The number of nitrogens with zero attached hydrogens (tertiary/aromatic N) is 2. The van der Waals surface area contributed by atoms with Crippen molar-refractivity contribution in [3.8, 4) is 0 Å². The number of ether oxygens (including phenoxy) is 1. The molecule has 28 heavy (non-hydrogen) atoms. The van der Waals surface area contributed by atoms with E-state index in [0.717, 1.165) is 0 Å². The number of sulfonamides is 1. The summed E-state index contributed by atoms with van der Waals surface area (Å²) in [6.45, 7) is 3.05. The molecule has 1 aromatic rings. The molecule has 0 aromatic heterocycles. The quantitative estimate of drug-likeness (QED) is 0.406. The maximum absolute atomic E-state index is 12.1. The summed E-state index contributed by atoms with van der Waals surface area (Å²) in [6.07, 6.45) is 0.674. The first-order valence-electron chi connectivity index (χ1n) is 8.84. The summed E-state index contributed by atoms with van der Waals surface area (Å²) in [7, 11) is -3.28. The number of nitro groups is 1. The standard InChI is InChI=1S/C17H23N3O7S/c1-3-28(25,26)19-9-7-13(8-10-19)17(22)27-11-16(21)18-14-5-4-6-15(12(14)2)20(23)24/h4-6,13H,3,7-11H2,1-2H3,(H,18,21). The molecule has 11 heteroatoms. The molecule has 1 heterocycles. The topological polar surface area (TPSA) is 136 Å². The molecule has 1 fully saturated rings. The Bertz CT molecular complexity index is 862. The molecule has 0 bridgehead atoms. The number of hydrogen-bond acceptors (Lipinski definition) is 7. The Morgan fingerprint density at radius 3 is 2.54 bits per heavy atom.